The summed E-state index contributed by atoms with van der Waals surface area (Å²) >= 11 is 13.1. The van der Waals surface area contributed by atoms with Crippen LogP contribution in [0.3, 0.4) is 0 Å². The van der Waals surface area contributed by atoms with E-state index in [1.54, 1.807) is 47.4 Å². The third kappa shape index (κ3) is 5.20. The van der Waals surface area contributed by atoms with Gasteiger partial charge in [0.15, 0.2) is 0 Å². The molecule has 4 unspecified atom stereocenters. The minimum atomic E-state index is -0.922. The van der Waals surface area contributed by atoms with Crippen molar-refractivity contribution in [1.82, 2.24) is 10.4 Å². The smallest absolute Gasteiger partial charge is 0.255 e. The molecule has 6 rings (SSSR count). The van der Waals surface area contributed by atoms with Crippen molar-refractivity contribution in [2.75, 3.05) is 0 Å². The van der Waals surface area contributed by atoms with Crippen LogP contribution in [0.2, 0.25) is 10.0 Å². The number of carbonyl (C=O) groups excluding carboxylic acids is 2. The zero-order chi connectivity index (χ0) is 29.2. The number of carbonyl (C=O) groups is 2. The summed E-state index contributed by atoms with van der Waals surface area (Å²) in [6.07, 6.45) is 1.13. The van der Waals surface area contributed by atoms with Gasteiger partial charge in [-0.1, -0.05) is 107 Å². The SMILES string of the molecule is O=NC1CCc2ccccc2C1N1C(=O)c2ccccc2C(C(=O)NOCc2ccccc2)C1c1ccc(Cl)cc1Cl. The highest BCUT2D eigenvalue weighted by atomic mass is 35.5. The van der Waals surface area contributed by atoms with E-state index in [-0.39, 0.29) is 12.5 Å². The maximum absolute atomic E-state index is 14.5. The molecule has 212 valence electrons. The van der Waals surface area contributed by atoms with Gasteiger partial charge in [-0.15, -0.1) is 0 Å². The molecule has 0 radical (unpaired) electrons. The van der Waals surface area contributed by atoms with Crippen molar-refractivity contribution >= 4 is 35.0 Å². The van der Waals surface area contributed by atoms with Crippen LogP contribution in [0.1, 0.15) is 62.6 Å². The molecule has 0 saturated heterocycles. The number of hydroxylamine groups is 1. The quantitative estimate of drug-likeness (QED) is 0.178. The van der Waals surface area contributed by atoms with Crippen molar-refractivity contribution in [2.45, 2.75) is 43.5 Å². The Morgan fingerprint density at radius 3 is 2.36 bits per heavy atom. The van der Waals surface area contributed by atoms with Gasteiger partial charge in [-0.25, -0.2) is 5.48 Å². The van der Waals surface area contributed by atoms with Crippen LogP contribution in [0.5, 0.6) is 0 Å². The molecule has 0 spiro atoms. The largest absolute Gasteiger partial charge is 0.321 e. The fraction of sp³-hybridized carbons (Fsp3) is 0.212. The number of nitroso groups, excluding NO2 is 1. The Bertz CT molecular complexity index is 1650. The summed E-state index contributed by atoms with van der Waals surface area (Å²) in [5.41, 5.74) is 6.80. The van der Waals surface area contributed by atoms with Crippen LogP contribution < -0.4 is 5.48 Å². The predicted octanol–water partition coefficient (Wildman–Crippen LogP) is 7.34. The lowest BCUT2D eigenvalue weighted by molar-refractivity contribution is -0.138. The Morgan fingerprint density at radius 2 is 1.60 bits per heavy atom. The molecule has 2 aliphatic rings. The number of fused-ring (bicyclic) bond motifs is 2. The third-order valence-corrected chi connectivity index (χ3v) is 8.64. The molecule has 1 aliphatic heterocycles. The van der Waals surface area contributed by atoms with Gasteiger partial charge in [0.05, 0.1) is 24.6 Å². The normalized spacial score (nSPS) is 21.3. The third-order valence-electron chi connectivity index (χ3n) is 8.08. The number of rotatable bonds is 7. The first-order chi connectivity index (χ1) is 20.5. The summed E-state index contributed by atoms with van der Waals surface area (Å²) < 4.78 is 0. The van der Waals surface area contributed by atoms with Gasteiger partial charge in [0.1, 0.15) is 6.04 Å². The fourth-order valence-electron chi connectivity index (χ4n) is 6.21. The molecule has 42 heavy (non-hydrogen) atoms. The highest BCUT2D eigenvalue weighted by Gasteiger charge is 2.50. The molecular formula is C33H27Cl2N3O4. The summed E-state index contributed by atoms with van der Waals surface area (Å²) in [6.45, 7) is 0.156. The van der Waals surface area contributed by atoms with Crippen LogP contribution in [0.15, 0.2) is 102 Å². The van der Waals surface area contributed by atoms with E-state index in [0.717, 1.165) is 16.7 Å². The Kier molecular flexibility index (Phi) is 8.07. The van der Waals surface area contributed by atoms with E-state index in [9.17, 15) is 14.5 Å². The Labute approximate surface area is 253 Å². The number of nitrogens with one attached hydrogen (secondary N) is 1. The van der Waals surface area contributed by atoms with E-state index < -0.39 is 30.0 Å². The van der Waals surface area contributed by atoms with E-state index in [4.69, 9.17) is 28.0 Å². The number of aryl methyl sites for hydroxylation is 1. The van der Waals surface area contributed by atoms with Crippen molar-refractivity contribution in [3.8, 4) is 0 Å². The van der Waals surface area contributed by atoms with Crippen LogP contribution in [-0.2, 0) is 22.7 Å². The first-order valence-electron chi connectivity index (χ1n) is 13.7. The minimum Gasteiger partial charge on any atom is -0.321 e. The van der Waals surface area contributed by atoms with Gasteiger partial charge in [-0.3, -0.25) is 14.4 Å². The van der Waals surface area contributed by atoms with E-state index >= 15 is 0 Å². The summed E-state index contributed by atoms with van der Waals surface area (Å²) in [7, 11) is 0. The van der Waals surface area contributed by atoms with Gasteiger partial charge in [0.25, 0.3) is 11.8 Å². The second-order valence-corrected chi connectivity index (χ2v) is 11.3. The van der Waals surface area contributed by atoms with E-state index in [1.165, 1.54) is 0 Å². The van der Waals surface area contributed by atoms with Crippen molar-refractivity contribution in [2.24, 2.45) is 5.18 Å². The van der Waals surface area contributed by atoms with Gasteiger partial charge in [0, 0.05) is 15.6 Å². The lowest BCUT2D eigenvalue weighted by Crippen LogP contribution is -2.51. The van der Waals surface area contributed by atoms with Gasteiger partial charge in [-0.05, 0) is 58.9 Å². The summed E-state index contributed by atoms with van der Waals surface area (Å²) in [5.74, 6) is -1.69. The molecule has 1 N–H and O–H groups in total. The monoisotopic (exact) mass is 599 g/mol. The van der Waals surface area contributed by atoms with Gasteiger partial charge in [0.2, 0.25) is 0 Å². The molecular weight excluding hydrogens is 573 g/mol. The molecule has 7 nitrogen and oxygen atoms in total. The van der Waals surface area contributed by atoms with E-state index in [2.05, 4.69) is 10.7 Å². The predicted molar refractivity (Wildman–Crippen MR) is 161 cm³/mol. The van der Waals surface area contributed by atoms with Crippen molar-refractivity contribution in [3.05, 3.63) is 145 Å². The summed E-state index contributed by atoms with van der Waals surface area (Å²) in [6, 6.07) is 26.9. The lowest BCUT2D eigenvalue weighted by atomic mass is 9.75. The highest BCUT2D eigenvalue weighted by molar-refractivity contribution is 6.35. The molecule has 4 aromatic rings. The lowest BCUT2D eigenvalue weighted by Gasteiger charge is -2.48. The van der Waals surface area contributed by atoms with Crippen LogP contribution >= 0.6 is 23.2 Å². The first kappa shape index (κ1) is 28.1. The molecule has 0 saturated carbocycles. The Hall–Kier alpha value is -4.04. The van der Waals surface area contributed by atoms with Crippen molar-refractivity contribution in [3.63, 3.8) is 0 Å². The highest BCUT2D eigenvalue weighted by Crippen LogP contribution is 2.51. The summed E-state index contributed by atoms with van der Waals surface area (Å²) in [4.78, 5) is 48.2. The molecule has 4 aromatic carbocycles. The molecule has 2 amide bonds. The van der Waals surface area contributed by atoms with Crippen LogP contribution in [0.4, 0.5) is 0 Å². The number of amides is 2. The molecule has 0 aromatic heterocycles. The molecule has 9 heteroatoms. The average Bonchev–Trinajstić information content (AvgIpc) is 3.01. The summed E-state index contributed by atoms with van der Waals surface area (Å²) in [5, 5.41) is 4.20. The standard InChI is InChI=1S/C33H27Cl2N3O4/c34-22-15-16-26(27(35)18-22)31-29(32(39)37-42-19-20-8-2-1-3-9-20)24-12-6-7-13-25(24)33(40)38(31)30-23-11-5-4-10-21(23)14-17-28(30)36-41/h1-13,15-16,18,28-31H,14,17,19H2,(H,37,39). The van der Waals surface area contributed by atoms with Crippen LogP contribution in [0.25, 0.3) is 0 Å². The van der Waals surface area contributed by atoms with Gasteiger partial charge >= 0.3 is 0 Å². The fourth-order valence-corrected chi connectivity index (χ4v) is 6.73. The van der Waals surface area contributed by atoms with E-state index in [0.29, 0.717) is 39.6 Å². The van der Waals surface area contributed by atoms with Gasteiger partial charge < -0.3 is 4.90 Å². The number of nitrogens with zero attached hydrogens (tertiary/aromatic N) is 2. The molecule has 1 aliphatic carbocycles. The first-order valence-corrected chi connectivity index (χ1v) is 14.5. The average molecular weight is 601 g/mol. The maximum atomic E-state index is 14.5. The number of halogens is 2. The second kappa shape index (κ2) is 12.1. The van der Waals surface area contributed by atoms with Crippen molar-refractivity contribution in [1.29, 1.82) is 0 Å². The number of hydrogen-bond acceptors (Lipinski definition) is 5. The molecule has 0 bridgehead atoms. The number of hydrogen-bond donors (Lipinski definition) is 1. The zero-order valence-electron chi connectivity index (χ0n) is 22.5. The zero-order valence-corrected chi connectivity index (χ0v) is 24.0. The topological polar surface area (TPSA) is 88.1 Å². The number of benzene rings is 4. The molecule has 4 atom stereocenters. The Balaban J connectivity index is 1.50. The van der Waals surface area contributed by atoms with Crippen LogP contribution in [-0.4, -0.2) is 22.8 Å². The molecule has 0 fully saturated rings. The molecule has 1 heterocycles. The second-order valence-electron chi connectivity index (χ2n) is 10.5. The minimum absolute atomic E-state index is 0.156. The Morgan fingerprint density at radius 1 is 0.881 bits per heavy atom. The van der Waals surface area contributed by atoms with Crippen LogP contribution in [0, 0.1) is 4.91 Å². The maximum Gasteiger partial charge on any atom is 0.255 e. The van der Waals surface area contributed by atoms with Crippen molar-refractivity contribution < 1.29 is 14.4 Å². The van der Waals surface area contributed by atoms with E-state index in [1.807, 2.05) is 54.6 Å². The van der Waals surface area contributed by atoms with Gasteiger partial charge in [-0.2, -0.15) is 4.91 Å².